The maximum Gasteiger partial charge on any atom is 0.306 e. The molecule has 452 valence electrons. The zero-order valence-corrected chi connectivity index (χ0v) is 50.0. The predicted molar refractivity (Wildman–Crippen MR) is 324 cm³/mol. The zero-order chi connectivity index (χ0) is 56.8. The lowest BCUT2D eigenvalue weighted by atomic mass is 9.99. The Bertz CT molecular complexity index is 1540. The molecule has 1 saturated heterocycles. The Balaban J connectivity index is 2.67. The highest BCUT2D eigenvalue weighted by Crippen LogP contribution is 2.26. The fraction of sp³-hybridized carbons (Fsp3) is 0.791. The number of ether oxygens (including phenoxy) is 3. The van der Waals surface area contributed by atoms with Crippen molar-refractivity contribution in [1.82, 2.24) is 5.32 Å². The number of carbonyl (C=O) groups excluding carboxylic acids is 2. The van der Waals surface area contributed by atoms with Gasteiger partial charge in [0.05, 0.1) is 25.4 Å². The topological polar surface area (TPSA) is 175 Å². The fourth-order valence-electron chi connectivity index (χ4n) is 9.69. The van der Waals surface area contributed by atoms with Crippen LogP contribution in [0.4, 0.5) is 0 Å². The van der Waals surface area contributed by atoms with Crippen LogP contribution in [-0.2, 0) is 23.8 Å². The number of amides is 1. The van der Waals surface area contributed by atoms with Gasteiger partial charge in [0.2, 0.25) is 5.91 Å². The lowest BCUT2D eigenvalue weighted by Gasteiger charge is -2.41. The first-order valence-electron chi connectivity index (χ1n) is 32.2. The molecule has 11 heteroatoms. The molecule has 78 heavy (non-hydrogen) atoms. The predicted octanol–water partition coefficient (Wildman–Crippen LogP) is 15.6. The van der Waals surface area contributed by atoms with E-state index in [9.17, 15) is 35.1 Å². The summed E-state index contributed by atoms with van der Waals surface area (Å²) in [6, 6.07) is -1.03. The van der Waals surface area contributed by atoms with E-state index in [1.807, 2.05) is 6.08 Å². The van der Waals surface area contributed by atoms with Gasteiger partial charge in [0.1, 0.15) is 24.4 Å². The average molecular weight is 1100 g/mol. The molecule has 11 nitrogen and oxygen atoms in total. The van der Waals surface area contributed by atoms with Crippen LogP contribution < -0.4 is 5.32 Å². The molecule has 0 aromatic carbocycles. The minimum Gasteiger partial charge on any atom is -0.454 e. The highest BCUT2D eigenvalue weighted by Gasteiger charge is 2.47. The van der Waals surface area contributed by atoms with Gasteiger partial charge in [-0.2, -0.15) is 0 Å². The van der Waals surface area contributed by atoms with Gasteiger partial charge in [0, 0.05) is 6.42 Å². The third-order valence-electron chi connectivity index (χ3n) is 14.8. The standard InChI is InChI=1S/C67H119NO10/c1-4-7-10-13-16-19-22-25-27-29-31-33-35-37-40-43-46-49-52-55-62(72)78-65-64(74)63(73)61(56-69)77-67(65)76-57-58(59(70)53-50-47-44-41-38-24-21-18-15-12-9-6-3)68-66(75)60(71)54-51-48-45-42-39-36-34-32-30-28-26-23-20-17-14-11-8-5-2/h16-17,19-20,25-28,32,34,50,53,58-61,63-65,67,69-71,73-74H,4-15,18,21-24,29-31,33,35-49,51-52,54-57H2,1-3H3,(H,68,75)/b19-16-,20-17-,27-25-,28-26-,34-32-,53-50+. The monoisotopic (exact) mass is 1100 g/mol. The fourth-order valence-corrected chi connectivity index (χ4v) is 9.69. The number of hydrogen-bond acceptors (Lipinski definition) is 10. The molecule has 8 unspecified atom stereocenters. The van der Waals surface area contributed by atoms with Gasteiger partial charge < -0.3 is 45.1 Å². The largest absolute Gasteiger partial charge is 0.454 e. The summed E-state index contributed by atoms with van der Waals surface area (Å²) in [5.41, 5.74) is 0. The van der Waals surface area contributed by atoms with Gasteiger partial charge in [0.25, 0.3) is 0 Å². The van der Waals surface area contributed by atoms with Crippen molar-refractivity contribution in [1.29, 1.82) is 0 Å². The Morgan fingerprint density at radius 3 is 1.35 bits per heavy atom. The van der Waals surface area contributed by atoms with Crippen molar-refractivity contribution in [3.63, 3.8) is 0 Å². The number of esters is 1. The van der Waals surface area contributed by atoms with Gasteiger partial charge in [-0.25, -0.2) is 0 Å². The Kier molecular flexibility index (Phi) is 51.3. The van der Waals surface area contributed by atoms with Crippen molar-refractivity contribution in [2.75, 3.05) is 13.2 Å². The molecule has 1 aliphatic rings. The van der Waals surface area contributed by atoms with Crippen molar-refractivity contribution < 1.29 is 49.3 Å². The van der Waals surface area contributed by atoms with Gasteiger partial charge in [-0.15, -0.1) is 0 Å². The molecular formula is C67H119NO10. The van der Waals surface area contributed by atoms with Crippen molar-refractivity contribution in [2.24, 2.45) is 0 Å². The van der Waals surface area contributed by atoms with E-state index in [-0.39, 0.29) is 19.4 Å². The van der Waals surface area contributed by atoms with Crippen LogP contribution in [0.2, 0.25) is 0 Å². The van der Waals surface area contributed by atoms with E-state index in [0.29, 0.717) is 12.8 Å². The van der Waals surface area contributed by atoms with Gasteiger partial charge in [-0.05, 0) is 96.3 Å². The van der Waals surface area contributed by atoms with Gasteiger partial charge >= 0.3 is 5.97 Å². The van der Waals surface area contributed by atoms with Crippen molar-refractivity contribution in [2.45, 2.75) is 327 Å². The minimum atomic E-state index is -1.62. The summed E-state index contributed by atoms with van der Waals surface area (Å²) in [6.07, 6.45) is 59.3. The van der Waals surface area contributed by atoms with Crippen LogP contribution in [0, 0.1) is 0 Å². The van der Waals surface area contributed by atoms with Crippen LogP contribution in [0.3, 0.4) is 0 Å². The van der Waals surface area contributed by atoms with Crippen LogP contribution in [0.5, 0.6) is 0 Å². The van der Waals surface area contributed by atoms with Crippen LogP contribution >= 0.6 is 0 Å². The lowest BCUT2D eigenvalue weighted by Crippen LogP contribution is -2.61. The van der Waals surface area contributed by atoms with Crippen molar-refractivity contribution in [3.05, 3.63) is 72.9 Å². The summed E-state index contributed by atoms with van der Waals surface area (Å²) in [6.45, 7) is 5.73. The first-order valence-corrected chi connectivity index (χ1v) is 32.2. The third kappa shape index (κ3) is 42.0. The zero-order valence-electron chi connectivity index (χ0n) is 50.0. The average Bonchev–Trinajstić information content (AvgIpc) is 3.44. The minimum absolute atomic E-state index is 0.115. The van der Waals surface area contributed by atoms with E-state index >= 15 is 0 Å². The normalized spacial score (nSPS) is 19.4. The molecule has 1 aliphatic heterocycles. The van der Waals surface area contributed by atoms with Gasteiger partial charge in [-0.1, -0.05) is 248 Å². The number of rotatable bonds is 54. The first-order chi connectivity index (χ1) is 38.2. The molecule has 8 atom stereocenters. The second kappa shape index (κ2) is 54.7. The van der Waals surface area contributed by atoms with E-state index in [0.717, 1.165) is 103 Å². The quantitative estimate of drug-likeness (QED) is 0.0195. The van der Waals surface area contributed by atoms with E-state index in [1.165, 1.54) is 128 Å². The number of allylic oxidation sites excluding steroid dienone is 11. The molecule has 6 N–H and O–H groups in total. The maximum absolute atomic E-state index is 13.4. The van der Waals surface area contributed by atoms with Crippen LogP contribution in [0.15, 0.2) is 72.9 Å². The molecule has 0 bridgehead atoms. The summed E-state index contributed by atoms with van der Waals surface area (Å²) in [4.78, 5) is 26.6. The highest BCUT2D eigenvalue weighted by atomic mass is 16.7. The summed E-state index contributed by atoms with van der Waals surface area (Å²) in [5.74, 6) is -1.21. The van der Waals surface area contributed by atoms with Crippen molar-refractivity contribution >= 4 is 11.9 Å². The summed E-state index contributed by atoms with van der Waals surface area (Å²) in [7, 11) is 0. The highest BCUT2D eigenvalue weighted by molar-refractivity contribution is 5.80. The summed E-state index contributed by atoms with van der Waals surface area (Å²) >= 11 is 0. The Morgan fingerprint density at radius 2 is 0.885 bits per heavy atom. The molecule has 1 rings (SSSR count). The number of nitrogens with one attached hydrogen (secondary N) is 1. The Labute approximate surface area is 477 Å². The lowest BCUT2D eigenvalue weighted by molar-refractivity contribution is -0.305. The molecule has 0 aliphatic carbocycles. The summed E-state index contributed by atoms with van der Waals surface area (Å²) in [5, 5.41) is 57.0. The SMILES string of the molecule is CCCCC/C=C\C/C=C\C/C=C\CCCCCCCC(O)C(=O)NC(COC1OC(CO)C(O)C(O)C1OC(=O)CCCCCCCCCCC/C=C\C/C=C\CCCCC)C(O)/C=C/CCCCCCCCCCCC. The molecule has 0 saturated carbocycles. The molecule has 0 aromatic rings. The molecule has 0 aromatic heterocycles. The molecule has 1 amide bonds. The van der Waals surface area contributed by atoms with Crippen LogP contribution in [0.1, 0.15) is 278 Å². The van der Waals surface area contributed by atoms with E-state index in [4.69, 9.17) is 14.2 Å². The maximum atomic E-state index is 13.4. The molecular weight excluding hydrogens is 979 g/mol. The van der Waals surface area contributed by atoms with Crippen molar-refractivity contribution in [3.8, 4) is 0 Å². The first kappa shape index (κ1) is 73.1. The van der Waals surface area contributed by atoms with Gasteiger partial charge in [-0.3, -0.25) is 9.59 Å². The number of carbonyl (C=O) groups is 2. The summed E-state index contributed by atoms with van der Waals surface area (Å²) < 4.78 is 17.6. The smallest absolute Gasteiger partial charge is 0.306 e. The molecule has 1 heterocycles. The third-order valence-corrected chi connectivity index (χ3v) is 14.8. The van der Waals surface area contributed by atoms with E-state index in [2.05, 4.69) is 86.8 Å². The second-order valence-electron chi connectivity index (χ2n) is 22.1. The molecule has 1 fully saturated rings. The molecule has 0 radical (unpaired) electrons. The molecule has 0 spiro atoms. The van der Waals surface area contributed by atoms with Gasteiger partial charge in [0.15, 0.2) is 12.4 Å². The number of aliphatic hydroxyl groups is 5. The Hall–Kier alpha value is -2.90. The van der Waals surface area contributed by atoms with E-state index in [1.54, 1.807) is 6.08 Å². The number of hydrogen-bond donors (Lipinski definition) is 6. The second-order valence-corrected chi connectivity index (χ2v) is 22.1. The van der Waals surface area contributed by atoms with Crippen LogP contribution in [-0.4, -0.2) is 99.6 Å². The Morgan fingerprint density at radius 1 is 0.500 bits per heavy atom. The number of aliphatic hydroxyl groups excluding tert-OH is 5. The van der Waals surface area contributed by atoms with Crippen LogP contribution in [0.25, 0.3) is 0 Å². The number of unbranched alkanes of at least 4 members (excludes halogenated alkanes) is 30. The van der Waals surface area contributed by atoms with E-state index < -0.39 is 67.4 Å².